The van der Waals surface area contributed by atoms with Gasteiger partial charge in [-0.15, -0.1) is 0 Å². The Labute approximate surface area is 144 Å². The number of benzene rings is 1. The zero-order valence-electron chi connectivity index (χ0n) is 12.6. The molecule has 0 radical (unpaired) electrons. The lowest BCUT2D eigenvalue weighted by molar-refractivity contribution is 0.0544. The molecule has 118 valence electrons. The molecule has 0 fully saturated rings. The van der Waals surface area contributed by atoms with E-state index in [-0.39, 0.29) is 0 Å². The summed E-state index contributed by atoms with van der Waals surface area (Å²) in [5.74, 6) is -0.512. The summed E-state index contributed by atoms with van der Waals surface area (Å²) in [5, 5.41) is 0.604. The summed E-state index contributed by atoms with van der Waals surface area (Å²) in [6.07, 6.45) is 0.880. The van der Waals surface area contributed by atoms with E-state index >= 15 is 0 Å². The summed E-state index contributed by atoms with van der Waals surface area (Å²) in [6, 6.07) is 3.50. The molecule has 2 aromatic rings. The molecule has 1 aromatic carbocycles. The third kappa shape index (κ3) is 3.35. The first-order valence-electron chi connectivity index (χ1n) is 6.46. The van der Waals surface area contributed by atoms with Crippen molar-refractivity contribution in [2.24, 2.45) is 0 Å². The molecular weight excluding hydrogens is 418 g/mol. The van der Waals surface area contributed by atoms with Crippen molar-refractivity contribution in [2.45, 2.75) is 26.4 Å². The maximum Gasteiger partial charge on any atom is 0.419 e. The van der Waals surface area contributed by atoms with Gasteiger partial charge in [0, 0.05) is 20.5 Å². The third-order valence-corrected chi connectivity index (χ3v) is 4.69. The Hall–Kier alpha value is -1.34. The van der Waals surface area contributed by atoms with Gasteiger partial charge in [-0.1, -0.05) is 0 Å². The van der Waals surface area contributed by atoms with Gasteiger partial charge >= 0.3 is 12.1 Å². The van der Waals surface area contributed by atoms with Gasteiger partial charge in [0.1, 0.15) is 5.60 Å². The molecular formula is C15H15Br2NO4. The molecule has 0 amide bonds. The van der Waals surface area contributed by atoms with Gasteiger partial charge in [-0.05, 0) is 64.8 Å². The van der Waals surface area contributed by atoms with E-state index in [1.54, 1.807) is 32.9 Å². The van der Waals surface area contributed by atoms with Crippen molar-refractivity contribution >= 4 is 54.8 Å². The molecule has 7 heteroatoms. The highest BCUT2D eigenvalue weighted by molar-refractivity contribution is 9.13. The van der Waals surface area contributed by atoms with E-state index in [2.05, 4.69) is 31.9 Å². The zero-order valence-corrected chi connectivity index (χ0v) is 15.7. The Morgan fingerprint density at radius 3 is 2.27 bits per heavy atom. The molecule has 0 saturated carbocycles. The van der Waals surface area contributed by atoms with Crippen LogP contribution in [0, 0.1) is 0 Å². The molecule has 0 N–H and O–H groups in total. The standard InChI is InChI=1S/C15H15Br2NO4/c1-15(2,3)22-14(20)18-7-9(13(19)21-4)8-5-10(16)11(17)6-12(8)18/h5-7H,1-4H3. The monoisotopic (exact) mass is 431 g/mol. The second-order valence-corrected chi connectivity index (χ2v) is 7.38. The van der Waals surface area contributed by atoms with Gasteiger partial charge in [0.05, 0.1) is 18.2 Å². The molecule has 1 aromatic heterocycles. The van der Waals surface area contributed by atoms with Gasteiger partial charge in [-0.2, -0.15) is 0 Å². The highest BCUT2D eigenvalue weighted by atomic mass is 79.9. The van der Waals surface area contributed by atoms with Gasteiger partial charge in [-0.25, -0.2) is 9.59 Å². The molecule has 0 bridgehead atoms. The van der Waals surface area contributed by atoms with Crippen LogP contribution in [0.15, 0.2) is 27.3 Å². The van der Waals surface area contributed by atoms with Crippen molar-refractivity contribution < 1.29 is 19.1 Å². The van der Waals surface area contributed by atoms with E-state index in [0.717, 1.165) is 8.95 Å². The van der Waals surface area contributed by atoms with Crippen molar-refractivity contribution in [2.75, 3.05) is 7.11 Å². The fraction of sp³-hybridized carbons (Fsp3) is 0.333. The van der Waals surface area contributed by atoms with E-state index < -0.39 is 17.7 Å². The summed E-state index contributed by atoms with van der Waals surface area (Å²) in [4.78, 5) is 24.3. The van der Waals surface area contributed by atoms with Crippen LogP contribution in [0.2, 0.25) is 0 Å². The predicted molar refractivity (Wildman–Crippen MR) is 90.3 cm³/mol. The van der Waals surface area contributed by atoms with E-state index in [1.807, 2.05) is 0 Å². The number of ether oxygens (including phenoxy) is 2. The number of hydrogen-bond donors (Lipinski definition) is 0. The van der Waals surface area contributed by atoms with Crippen LogP contribution in [0.1, 0.15) is 31.1 Å². The Balaban J connectivity index is 2.66. The molecule has 0 aliphatic rings. The molecule has 0 aliphatic heterocycles. The number of carbonyl (C=O) groups excluding carboxylic acids is 2. The number of carbonyl (C=O) groups is 2. The molecule has 0 spiro atoms. The van der Waals surface area contributed by atoms with Gasteiger partial charge in [0.15, 0.2) is 0 Å². The van der Waals surface area contributed by atoms with Crippen molar-refractivity contribution in [3.8, 4) is 0 Å². The Kier molecular flexibility index (Phi) is 4.67. The third-order valence-electron chi connectivity index (χ3n) is 2.84. The molecule has 0 aliphatic carbocycles. The average Bonchev–Trinajstić information content (AvgIpc) is 2.75. The van der Waals surface area contributed by atoms with Gasteiger partial charge in [0.2, 0.25) is 0 Å². The Morgan fingerprint density at radius 2 is 1.73 bits per heavy atom. The number of fused-ring (bicyclic) bond motifs is 1. The second-order valence-electron chi connectivity index (χ2n) is 5.67. The number of esters is 1. The van der Waals surface area contributed by atoms with E-state index in [4.69, 9.17) is 9.47 Å². The number of hydrogen-bond acceptors (Lipinski definition) is 4. The smallest absolute Gasteiger partial charge is 0.419 e. The van der Waals surface area contributed by atoms with E-state index in [0.29, 0.717) is 16.5 Å². The maximum absolute atomic E-state index is 12.4. The van der Waals surface area contributed by atoms with Crippen LogP contribution in [0.5, 0.6) is 0 Å². The molecule has 0 unspecified atom stereocenters. The number of rotatable bonds is 1. The van der Waals surface area contributed by atoms with Crippen LogP contribution < -0.4 is 0 Å². The quantitative estimate of drug-likeness (QED) is 0.611. The van der Waals surface area contributed by atoms with Crippen LogP contribution >= 0.6 is 31.9 Å². The lowest BCUT2D eigenvalue weighted by Crippen LogP contribution is -2.26. The Bertz CT molecular complexity index is 759. The number of methoxy groups -OCH3 is 1. The molecule has 2 rings (SSSR count). The van der Waals surface area contributed by atoms with Crippen LogP contribution in [-0.4, -0.2) is 29.3 Å². The number of aromatic nitrogens is 1. The fourth-order valence-electron chi connectivity index (χ4n) is 1.95. The second kappa shape index (κ2) is 6.04. The normalized spacial score (nSPS) is 11.5. The highest BCUT2D eigenvalue weighted by Gasteiger charge is 2.23. The van der Waals surface area contributed by atoms with Crippen LogP contribution in [0.25, 0.3) is 10.9 Å². The van der Waals surface area contributed by atoms with Crippen molar-refractivity contribution in [3.05, 3.63) is 32.8 Å². The number of halogens is 2. The summed E-state index contributed by atoms with van der Waals surface area (Å²) in [5.41, 5.74) is 0.229. The molecule has 22 heavy (non-hydrogen) atoms. The summed E-state index contributed by atoms with van der Waals surface area (Å²) in [6.45, 7) is 5.35. The first-order chi connectivity index (χ1) is 10.1. The lowest BCUT2D eigenvalue weighted by atomic mass is 10.2. The minimum atomic E-state index is -0.633. The summed E-state index contributed by atoms with van der Waals surface area (Å²) in [7, 11) is 1.30. The fourth-order valence-corrected chi connectivity index (χ4v) is 2.63. The summed E-state index contributed by atoms with van der Waals surface area (Å²) >= 11 is 6.79. The molecule has 0 saturated heterocycles. The van der Waals surface area contributed by atoms with E-state index in [1.165, 1.54) is 17.9 Å². The van der Waals surface area contributed by atoms with E-state index in [9.17, 15) is 9.59 Å². The van der Waals surface area contributed by atoms with Crippen molar-refractivity contribution in [1.82, 2.24) is 4.57 Å². The van der Waals surface area contributed by atoms with Gasteiger partial charge < -0.3 is 9.47 Å². The SMILES string of the molecule is COC(=O)c1cn(C(=O)OC(C)(C)C)c2cc(Br)c(Br)cc12. The molecule has 0 atom stereocenters. The lowest BCUT2D eigenvalue weighted by Gasteiger charge is -2.19. The van der Waals surface area contributed by atoms with Crippen LogP contribution in [-0.2, 0) is 9.47 Å². The zero-order chi connectivity index (χ0) is 16.7. The van der Waals surface area contributed by atoms with Crippen LogP contribution in [0.4, 0.5) is 4.79 Å². The van der Waals surface area contributed by atoms with Gasteiger partial charge in [-0.3, -0.25) is 4.57 Å². The minimum absolute atomic E-state index is 0.302. The van der Waals surface area contributed by atoms with Crippen molar-refractivity contribution in [1.29, 1.82) is 0 Å². The van der Waals surface area contributed by atoms with Gasteiger partial charge in [0.25, 0.3) is 0 Å². The first-order valence-corrected chi connectivity index (χ1v) is 8.04. The van der Waals surface area contributed by atoms with Crippen molar-refractivity contribution in [3.63, 3.8) is 0 Å². The molecule has 5 nitrogen and oxygen atoms in total. The van der Waals surface area contributed by atoms with Crippen LogP contribution in [0.3, 0.4) is 0 Å². The maximum atomic E-state index is 12.4. The highest BCUT2D eigenvalue weighted by Crippen LogP contribution is 2.32. The Morgan fingerprint density at radius 1 is 1.14 bits per heavy atom. The number of nitrogens with zero attached hydrogens (tertiary/aromatic N) is 1. The predicted octanol–water partition coefficient (Wildman–Crippen LogP) is 4.74. The summed E-state index contributed by atoms with van der Waals surface area (Å²) < 4.78 is 13.0. The molecule has 1 heterocycles. The average molecular weight is 433 g/mol. The first kappa shape index (κ1) is 17.0. The minimum Gasteiger partial charge on any atom is -0.465 e. The topological polar surface area (TPSA) is 57.5 Å². The largest absolute Gasteiger partial charge is 0.465 e.